The molecular weight excluding hydrogens is 428 g/mol. The van der Waals surface area contributed by atoms with Gasteiger partial charge in [-0.3, -0.25) is 15.0 Å². The molecule has 0 unspecified atom stereocenters. The average molecular weight is 458 g/mol. The molecule has 3 fully saturated rings. The van der Waals surface area contributed by atoms with Crippen LogP contribution in [0.2, 0.25) is 0 Å². The summed E-state index contributed by atoms with van der Waals surface area (Å²) in [6.45, 7) is 4.97. The van der Waals surface area contributed by atoms with Gasteiger partial charge in [-0.15, -0.1) is 0 Å². The van der Waals surface area contributed by atoms with Gasteiger partial charge in [0, 0.05) is 55.6 Å². The Bertz CT molecular complexity index is 1010. The molecule has 176 valence electrons. The van der Waals surface area contributed by atoms with Gasteiger partial charge in [-0.2, -0.15) is 0 Å². The predicted molar refractivity (Wildman–Crippen MR) is 117 cm³/mol. The summed E-state index contributed by atoms with van der Waals surface area (Å²) in [5, 5.41) is 0. The van der Waals surface area contributed by atoms with E-state index in [0.29, 0.717) is 49.8 Å². The van der Waals surface area contributed by atoms with Crippen molar-refractivity contribution in [3.63, 3.8) is 0 Å². The van der Waals surface area contributed by atoms with Gasteiger partial charge in [0.15, 0.2) is 5.67 Å². The van der Waals surface area contributed by atoms with Crippen molar-refractivity contribution < 1.29 is 18.3 Å². The van der Waals surface area contributed by atoms with Gasteiger partial charge in [0.2, 0.25) is 0 Å². The zero-order chi connectivity index (χ0) is 23.1. The molecular formula is C24H29F2N5O2. The maximum Gasteiger partial charge on any atom is 0.409 e. The number of carbonyl (C=O) groups excluding carboxylic acids is 1. The van der Waals surface area contributed by atoms with E-state index in [4.69, 9.17) is 4.74 Å². The number of piperidine rings is 1. The van der Waals surface area contributed by atoms with Gasteiger partial charge in [-0.1, -0.05) is 0 Å². The zero-order valence-electron chi connectivity index (χ0n) is 18.8. The number of alkyl halides is 1. The number of hydrogen-bond donors (Lipinski definition) is 0. The van der Waals surface area contributed by atoms with Crippen molar-refractivity contribution in [2.75, 3.05) is 32.8 Å². The number of halogens is 2. The lowest BCUT2D eigenvalue weighted by atomic mass is 9.78. The third kappa shape index (κ3) is 4.18. The van der Waals surface area contributed by atoms with E-state index in [1.165, 1.54) is 24.7 Å². The van der Waals surface area contributed by atoms with Crippen molar-refractivity contribution in [1.82, 2.24) is 24.8 Å². The summed E-state index contributed by atoms with van der Waals surface area (Å²) in [6.07, 6.45) is 9.19. The molecule has 5 rings (SSSR count). The summed E-state index contributed by atoms with van der Waals surface area (Å²) in [6, 6.07) is 1.70. The van der Waals surface area contributed by atoms with Crippen molar-refractivity contribution in [3.05, 3.63) is 42.4 Å². The fourth-order valence-electron chi connectivity index (χ4n) is 5.79. The Morgan fingerprint density at radius 2 is 1.97 bits per heavy atom. The number of hydrogen-bond acceptors (Lipinski definition) is 6. The maximum atomic E-state index is 16.2. The molecule has 1 aliphatic carbocycles. The summed E-state index contributed by atoms with van der Waals surface area (Å²) in [7, 11) is 0. The van der Waals surface area contributed by atoms with Crippen molar-refractivity contribution in [3.8, 4) is 11.3 Å². The average Bonchev–Trinajstić information content (AvgIpc) is 3.25. The van der Waals surface area contributed by atoms with E-state index in [0.717, 1.165) is 38.5 Å². The maximum absolute atomic E-state index is 16.2. The summed E-state index contributed by atoms with van der Waals surface area (Å²) < 4.78 is 35.2. The number of nitrogens with zero attached hydrogens (tertiary/aromatic N) is 5. The normalized spacial score (nSPS) is 24.0. The SMILES string of the molecule is CCOC(=O)N1CC2(CC[C@@H](N3CCC(F)(c4ncc(F)cc4-c4cnccn4)CC3)C2)C1. The molecule has 2 saturated heterocycles. The fraction of sp³-hybridized carbons (Fsp3) is 0.583. The molecule has 1 amide bonds. The Hall–Kier alpha value is -2.68. The van der Waals surface area contributed by atoms with E-state index in [1.54, 1.807) is 4.90 Å². The summed E-state index contributed by atoms with van der Waals surface area (Å²) in [4.78, 5) is 28.5. The van der Waals surface area contributed by atoms with E-state index in [9.17, 15) is 9.18 Å². The van der Waals surface area contributed by atoms with Crippen LogP contribution in [0, 0.1) is 11.2 Å². The highest BCUT2D eigenvalue weighted by Gasteiger charge is 2.52. The molecule has 0 radical (unpaired) electrons. The Morgan fingerprint density at radius 1 is 1.18 bits per heavy atom. The van der Waals surface area contributed by atoms with Gasteiger partial charge in [0.05, 0.1) is 30.4 Å². The van der Waals surface area contributed by atoms with E-state index >= 15 is 4.39 Å². The van der Waals surface area contributed by atoms with Gasteiger partial charge >= 0.3 is 6.09 Å². The van der Waals surface area contributed by atoms with Gasteiger partial charge in [-0.25, -0.2) is 13.6 Å². The first-order valence-electron chi connectivity index (χ1n) is 11.7. The second-order valence-corrected chi connectivity index (χ2v) is 9.59. The van der Waals surface area contributed by atoms with Crippen LogP contribution in [0.1, 0.15) is 44.7 Å². The first-order chi connectivity index (χ1) is 15.9. The van der Waals surface area contributed by atoms with Crippen LogP contribution in [-0.2, 0) is 10.4 Å². The van der Waals surface area contributed by atoms with Crippen molar-refractivity contribution in [2.45, 2.75) is 50.7 Å². The summed E-state index contributed by atoms with van der Waals surface area (Å²) in [5.41, 5.74) is -0.416. The largest absolute Gasteiger partial charge is 0.450 e. The van der Waals surface area contributed by atoms with Crippen molar-refractivity contribution in [1.29, 1.82) is 0 Å². The number of ether oxygens (including phenoxy) is 1. The molecule has 7 nitrogen and oxygen atoms in total. The first-order valence-corrected chi connectivity index (χ1v) is 11.7. The summed E-state index contributed by atoms with van der Waals surface area (Å²) in [5.74, 6) is -0.519. The first kappa shape index (κ1) is 22.1. The minimum atomic E-state index is -1.63. The monoisotopic (exact) mass is 457 g/mol. The van der Waals surface area contributed by atoms with Crippen LogP contribution in [-0.4, -0.2) is 69.7 Å². The van der Waals surface area contributed by atoms with Crippen LogP contribution in [0.5, 0.6) is 0 Å². The summed E-state index contributed by atoms with van der Waals surface area (Å²) >= 11 is 0. The number of pyridine rings is 1. The highest BCUT2D eigenvalue weighted by molar-refractivity contribution is 5.69. The number of aromatic nitrogens is 3. The minimum Gasteiger partial charge on any atom is -0.450 e. The lowest BCUT2D eigenvalue weighted by molar-refractivity contribution is -0.00896. The van der Waals surface area contributed by atoms with E-state index in [-0.39, 0.29) is 17.2 Å². The molecule has 1 spiro atoms. The molecule has 0 aromatic carbocycles. The number of rotatable bonds is 4. The van der Waals surface area contributed by atoms with Gasteiger partial charge < -0.3 is 14.5 Å². The van der Waals surface area contributed by atoms with Crippen LogP contribution in [0.25, 0.3) is 11.3 Å². The highest BCUT2D eigenvalue weighted by atomic mass is 19.1. The van der Waals surface area contributed by atoms with Gasteiger partial charge in [0.25, 0.3) is 0 Å². The molecule has 1 saturated carbocycles. The topological polar surface area (TPSA) is 71.5 Å². The molecule has 2 aromatic rings. The third-order valence-electron chi connectivity index (χ3n) is 7.48. The van der Waals surface area contributed by atoms with Crippen LogP contribution in [0.4, 0.5) is 13.6 Å². The lowest BCUT2D eigenvalue weighted by Crippen LogP contribution is -2.58. The fourth-order valence-corrected chi connectivity index (χ4v) is 5.79. The molecule has 1 atom stereocenters. The quantitative estimate of drug-likeness (QED) is 0.693. The Balaban J connectivity index is 1.24. The van der Waals surface area contributed by atoms with Crippen LogP contribution in [0.3, 0.4) is 0 Å². The lowest BCUT2D eigenvalue weighted by Gasteiger charge is -2.48. The van der Waals surface area contributed by atoms with E-state index < -0.39 is 11.5 Å². The van der Waals surface area contributed by atoms with Gasteiger partial charge in [0.1, 0.15) is 5.82 Å². The van der Waals surface area contributed by atoms with Crippen LogP contribution in [0.15, 0.2) is 30.9 Å². The number of carbonyl (C=O) groups is 1. The van der Waals surface area contributed by atoms with E-state index in [1.807, 2.05) is 6.92 Å². The molecule has 9 heteroatoms. The Morgan fingerprint density at radius 3 is 2.67 bits per heavy atom. The molecule has 0 bridgehead atoms. The van der Waals surface area contributed by atoms with Gasteiger partial charge in [-0.05, 0) is 45.1 Å². The molecule has 3 aliphatic rings. The van der Waals surface area contributed by atoms with Crippen LogP contribution < -0.4 is 0 Å². The van der Waals surface area contributed by atoms with Crippen molar-refractivity contribution >= 4 is 6.09 Å². The smallest absolute Gasteiger partial charge is 0.409 e. The minimum absolute atomic E-state index is 0.180. The Kier molecular flexibility index (Phi) is 5.76. The Labute approximate surface area is 192 Å². The van der Waals surface area contributed by atoms with Crippen molar-refractivity contribution in [2.24, 2.45) is 5.41 Å². The zero-order valence-corrected chi connectivity index (χ0v) is 18.8. The molecule has 33 heavy (non-hydrogen) atoms. The highest BCUT2D eigenvalue weighted by Crippen LogP contribution is 2.49. The number of amides is 1. The number of likely N-dealkylation sites (tertiary alicyclic amines) is 2. The second-order valence-electron chi connectivity index (χ2n) is 9.59. The standard InChI is InChI=1S/C24H29F2N5O2/c1-2-33-22(32)31-15-23(16-31)4-3-18(12-23)30-9-5-24(26,6-10-30)21-19(11-17(25)13-29-21)20-14-27-7-8-28-20/h7-8,11,13-14,18H,2-6,9-10,12,15-16H2,1H3/t18-/m1/s1. The molecule has 2 aromatic heterocycles. The second kappa shape index (κ2) is 8.59. The van der Waals surface area contributed by atoms with Crippen LogP contribution >= 0.6 is 0 Å². The third-order valence-corrected chi connectivity index (χ3v) is 7.48. The molecule has 2 aliphatic heterocycles. The predicted octanol–water partition coefficient (Wildman–Crippen LogP) is 3.95. The molecule has 4 heterocycles. The molecule has 0 N–H and O–H groups in total. The van der Waals surface area contributed by atoms with E-state index in [2.05, 4.69) is 19.9 Å².